The summed E-state index contributed by atoms with van der Waals surface area (Å²) >= 11 is 11.9. The summed E-state index contributed by atoms with van der Waals surface area (Å²) in [6, 6.07) is 21.1. The molecular weight excluding hydrogens is 558 g/mol. The van der Waals surface area contributed by atoms with Crippen LogP contribution in [0.1, 0.15) is 30.5 Å². The maximum Gasteiger partial charge on any atom is 0.325 e. The number of thiocarbonyl (C=S) groups is 1. The first kappa shape index (κ1) is 28.4. The van der Waals surface area contributed by atoms with Crippen LogP contribution in [-0.4, -0.2) is 46.7 Å². The second-order valence-corrected chi connectivity index (χ2v) is 10.3. The van der Waals surface area contributed by atoms with Crippen LogP contribution >= 0.6 is 23.8 Å². The SMILES string of the molecule is CCOc1ccc(N2C(=O)/C(=C/c3cn(Cc4ccc(Cl)cc4)c4c(CC)cccc34)N(CC(=O)OC)C2=S)cc1. The molecule has 1 aromatic heterocycles. The third-order valence-electron chi connectivity index (χ3n) is 7.01. The van der Waals surface area contributed by atoms with E-state index in [1.165, 1.54) is 22.5 Å². The van der Waals surface area contributed by atoms with Gasteiger partial charge in [-0.05, 0) is 79.2 Å². The molecular formula is C32H30ClN3O4S. The predicted octanol–water partition coefficient (Wildman–Crippen LogP) is 6.45. The van der Waals surface area contributed by atoms with Crippen molar-refractivity contribution in [2.24, 2.45) is 0 Å². The number of rotatable bonds is 9. The molecule has 3 aromatic carbocycles. The average Bonchev–Trinajstić information content (AvgIpc) is 3.44. The standard InChI is InChI=1S/C32H30ClN3O4S/c1-4-22-7-6-8-27-23(19-34(30(22)27)18-21-9-11-24(33)12-10-21)17-28-31(38)36(32(41)35(28)20-29(37)39-3)25-13-15-26(16-14-25)40-5-2/h6-17,19H,4-5,18,20H2,1-3H3/b28-17-. The van der Waals surface area contributed by atoms with E-state index in [1.807, 2.05) is 55.6 Å². The van der Waals surface area contributed by atoms with Gasteiger partial charge in [0.05, 0.1) is 24.9 Å². The van der Waals surface area contributed by atoms with Crippen molar-refractivity contribution in [3.05, 3.63) is 100 Å². The highest BCUT2D eigenvalue weighted by atomic mass is 35.5. The van der Waals surface area contributed by atoms with E-state index in [4.69, 9.17) is 33.3 Å². The molecule has 0 spiro atoms. The maximum atomic E-state index is 13.9. The fourth-order valence-corrected chi connectivity index (χ4v) is 5.51. The number of carbonyl (C=O) groups excluding carboxylic acids is 2. The van der Waals surface area contributed by atoms with Crippen LogP contribution in [0.2, 0.25) is 5.02 Å². The first-order chi connectivity index (χ1) is 19.8. The number of benzene rings is 3. The van der Waals surface area contributed by atoms with Crippen LogP contribution in [0.5, 0.6) is 5.75 Å². The molecule has 1 saturated heterocycles. The molecule has 0 bridgehead atoms. The van der Waals surface area contributed by atoms with Crippen LogP contribution in [-0.2, 0) is 27.3 Å². The van der Waals surface area contributed by atoms with Crippen LogP contribution in [0, 0.1) is 0 Å². The van der Waals surface area contributed by atoms with E-state index >= 15 is 0 Å². The van der Waals surface area contributed by atoms with Crippen molar-refractivity contribution >= 4 is 63.5 Å². The number of methoxy groups -OCH3 is 1. The van der Waals surface area contributed by atoms with Gasteiger partial charge >= 0.3 is 5.97 Å². The van der Waals surface area contributed by atoms with Gasteiger partial charge in [-0.15, -0.1) is 0 Å². The smallest absolute Gasteiger partial charge is 0.325 e. The zero-order valence-electron chi connectivity index (χ0n) is 23.1. The lowest BCUT2D eigenvalue weighted by atomic mass is 10.1. The molecule has 0 N–H and O–H groups in total. The molecule has 41 heavy (non-hydrogen) atoms. The van der Waals surface area contributed by atoms with Gasteiger partial charge in [-0.3, -0.25) is 14.5 Å². The second-order valence-electron chi connectivity index (χ2n) is 9.55. The average molecular weight is 588 g/mol. The number of amides is 1. The molecule has 5 rings (SSSR count). The van der Waals surface area contributed by atoms with E-state index in [-0.39, 0.29) is 17.6 Å². The van der Waals surface area contributed by atoms with E-state index in [9.17, 15) is 9.59 Å². The highest BCUT2D eigenvalue weighted by Crippen LogP contribution is 2.33. The highest BCUT2D eigenvalue weighted by molar-refractivity contribution is 7.80. The fraction of sp³-hybridized carbons (Fsp3) is 0.219. The molecule has 0 saturated carbocycles. The first-order valence-corrected chi connectivity index (χ1v) is 14.2. The molecule has 0 atom stereocenters. The Morgan fingerprint density at radius 3 is 2.41 bits per heavy atom. The van der Waals surface area contributed by atoms with Crippen molar-refractivity contribution in [3.8, 4) is 5.75 Å². The molecule has 7 nitrogen and oxygen atoms in total. The van der Waals surface area contributed by atoms with Gasteiger partial charge in [0.1, 0.15) is 18.0 Å². The van der Waals surface area contributed by atoms with Crippen LogP contribution in [0.4, 0.5) is 5.69 Å². The number of anilines is 1. The summed E-state index contributed by atoms with van der Waals surface area (Å²) in [6.45, 7) is 5.00. The monoisotopic (exact) mass is 587 g/mol. The summed E-state index contributed by atoms with van der Waals surface area (Å²) in [6.07, 6.45) is 4.70. The summed E-state index contributed by atoms with van der Waals surface area (Å²) < 4.78 is 12.7. The van der Waals surface area contributed by atoms with Gasteiger partial charge in [0.2, 0.25) is 0 Å². The van der Waals surface area contributed by atoms with E-state index in [0.29, 0.717) is 35.3 Å². The largest absolute Gasteiger partial charge is 0.494 e. The number of esters is 1. The number of hydrogen-bond donors (Lipinski definition) is 0. The molecule has 0 unspecified atom stereocenters. The molecule has 210 valence electrons. The normalized spacial score (nSPS) is 14.4. The van der Waals surface area contributed by atoms with Gasteiger partial charge in [0.25, 0.3) is 5.91 Å². The summed E-state index contributed by atoms with van der Waals surface area (Å²) in [5.74, 6) is -0.137. The van der Waals surface area contributed by atoms with Gasteiger partial charge in [-0.25, -0.2) is 0 Å². The fourth-order valence-electron chi connectivity index (χ4n) is 5.04. The van der Waals surface area contributed by atoms with Gasteiger partial charge in [0.15, 0.2) is 5.11 Å². The number of para-hydroxylation sites is 1. The molecule has 4 aromatic rings. The van der Waals surface area contributed by atoms with Gasteiger partial charge in [-0.1, -0.05) is 48.9 Å². The Morgan fingerprint density at radius 1 is 1.02 bits per heavy atom. The zero-order chi connectivity index (χ0) is 29.1. The van der Waals surface area contributed by atoms with Crippen LogP contribution in [0.15, 0.2) is 78.6 Å². The summed E-state index contributed by atoms with van der Waals surface area (Å²) in [5, 5.41) is 1.89. The Morgan fingerprint density at radius 2 is 1.76 bits per heavy atom. The lowest BCUT2D eigenvalue weighted by molar-refractivity contribution is -0.140. The topological polar surface area (TPSA) is 64.0 Å². The van der Waals surface area contributed by atoms with Crippen LogP contribution in [0.25, 0.3) is 17.0 Å². The lowest BCUT2D eigenvalue weighted by Crippen LogP contribution is -2.35. The Hall–Kier alpha value is -4.14. The molecule has 1 aliphatic rings. The van der Waals surface area contributed by atoms with E-state index in [0.717, 1.165) is 28.5 Å². The van der Waals surface area contributed by atoms with E-state index < -0.39 is 5.97 Å². The number of ether oxygens (including phenoxy) is 2. The number of halogens is 1. The summed E-state index contributed by atoms with van der Waals surface area (Å²) in [7, 11) is 1.31. The molecule has 2 heterocycles. The molecule has 0 aliphatic carbocycles. The van der Waals surface area contributed by atoms with Crippen molar-refractivity contribution in [1.82, 2.24) is 9.47 Å². The van der Waals surface area contributed by atoms with Crippen LogP contribution < -0.4 is 9.64 Å². The summed E-state index contributed by atoms with van der Waals surface area (Å²) in [4.78, 5) is 29.3. The molecule has 1 aliphatic heterocycles. The second kappa shape index (κ2) is 12.2. The first-order valence-electron chi connectivity index (χ1n) is 13.4. The Balaban J connectivity index is 1.61. The zero-order valence-corrected chi connectivity index (χ0v) is 24.7. The van der Waals surface area contributed by atoms with Gasteiger partial charge in [-0.2, -0.15) is 0 Å². The number of hydrogen-bond acceptors (Lipinski definition) is 5. The third kappa shape index (κ3) is 5.71. The Bertz CT molecular complexity index is 1640. The lowest BCUT2D eigenvalue weighted by Gasteiger charge is -2.19. The predicted molar refractivity (Wildman–Crippen MR) is 166 cm³/mol. The van der Waals surface area contributed by atoms with Crippen LogP contribution in [0.3, 0.4) is 0 Å². The molecule has 1 fully saturated rings. The van der Waals surface area contributed by atoms with Gasteiger partial charge in [0, 0.05) is 28.7 Å². The number of fused-ring (bicyclic) bond motifs is 1. The quantitative estimate of drug-likeness (QED) is 0.127. The van der Waals surface area contributed by atoms with Crippen molar-refractivity contribution in [2.75, 3.05) is 25.2 Å². The minimum absolute atomic E-state index is 0.190. The highest BCUT2D eigenvalue weighted by Gasteiger charge is 2.40. The number of aryl methyl sites for hydroxylation is 1. The number of nitrogens with zero attached hydrogens (tertiary/aromatic N) is 3. The molecule has 9 heteroatoms. The minimum Gasteiger partial charge on any atom is -0.494 e. The van der Waals surface area contributed by atoms with Gasteiger partial charge < -0.3 is 18.9 Å². The van der Waals surface area contributed by atoms with Crippen molar-refractivity contribution in [3.63, 3.8) is 0 Å². The Labute approximate surface area is 249 Å². The maximum absolute atomic E-state index is 13.9. The molecule has 1 amide bonds. The van der Waals surface area contributed by atoms with E-state index in [2.05, 4.69) is 17.6 Å². The van der Waals surface area contributed by atoms with Crippen molar-refractivity contribution in [1.29, 1.82) is 0 Å². The minimum atomic E-state index is -0.502. The molecule has 0 radical (unpaired) electrons. The third-order valence-corrected chi connectivity index (χ3v) is 7.66. The van der Waals surface area contributed by atoms with Crippen molar-refractivity contribution in [2.45, 2.75) is 26.8 Å². The number of carbonyl (C=O) groups is 2. The Kier molecular flexibility index (Phi) is 8.42. The summed E-state index contributed by atoms with van der Waals surface area (Å²) in [5.41, 5.74) is 5.11. The van der Waals surface area contributed by atoms with Crippen molar-refractivity contribution < 1.29 is 19.1 Å². The van der Waals surface area contributed by atoms with E-state index in [1.54, 1.807) is 24.3 Å². The number of aromatic nitrogens is 1.